The minimum Gasteiger partial charge on any atom is -0.307 e. The molecule has 2 aromatic heterocycles. The molecule has 5 heteroatoms. The number of hydrogen-bond donors (Lipinski definition) is 1. The molecule has 0 amide bonds. The summed E-state index contributed by atoms with van der Waals surface area (Å²) in [5.74, 6) is 1.02. The van der Waals surface area contributed by atoms with E-state index in [-0.39, 0.29) is 0 Å². The molecule has 1 fully saturated rings. The Morgan fingerprint density at radius 3 is 3.06 bits per heavy atom. The summed E-state index contributed by atoms with van der Waals surface area (Å²) in [4.78, 5) is 0. The van der Waals surface area contributed by atoms with E-state index in [4.69, 9.17) is 0 Å². The fourth-order valence-corrected chi connectivity index (χ4v) is 2.74. The van der Waals surface area contributed by atoms with E-state index in [1.165, 1.54) is 12.8 Å². The third-order valence-electron chi connectivity index (χ3n) is 3.03. The highest BCUT2D eigenvalue weighted by Gasteiger charge is 2.20. The summed E-state index contributed by atoms with van der Waals surface area (Å²) < 4.78 is 3.08. The summed E-state index contributed by atoms with van der Waals surface area (Å²) in [6, 6.07) is 6.31. The molecular weight excluding hydrogens is 268 g/mol. The Hall–Kier alpha value is -0.940. The zero-order chi connectivity index (χ0) is 11.0. The molecule has 1 N–H and O–H groups in total. The lowest BCUT2D eigenvalue weighted by Gasteiger charge is -2.22. The monoisotopic (exact) mass is 280 g/mol. The topological polar surface area (TPSA) is 42.2 Å². The van der Waals surface area contributed by atoms with Crippen molar-refractivity contribution in [3.05, 3.63) is 28.6 Å². The zero-order valence-corrected chi connectivity index (χ0v) is 10.4. The first-order valence-electron chi connectivity index (χ1n) is 5.59. The third kappa shape index (κ3) is 1.64. The molecular formula is C11H13BrN4. The molecule has 1 saturated heterocycles. The average Bonchev–Trinajstić information content (AvgIpc) is 2.75. The molecule has 4 nitrogen and oxygen atoms in total. The Morgan fingerprint density at radius 1 is 1.31 bits per heavy atom. The Kier molecular flexibility index (Phi) is 2.65. The predicted octanol–water partition coefficient (Wildman–Crippen LogP) is 2.31. The van der Waals surface area contributed by atoms with E-state index < -0.39 is 0 Å². The fraction of sp³-hybridized carbons (Fsp3) is 0.455. The van der Waals surface area contributed by atoms with Gasteiger partial charge in [-0.1, -0.05) is 12.5 Å². The number of pyridine rings is 1. The number of aromatic nitrogens is 3. The lowest BCUT2D eigenvalue weighted by molar-refractivity contribution is 0.394. The van der Waals surface area contributed by atoms with Gasteiger partial charge in [0.2, 0.25) is 0 Å². The van der Waals surface area contributed by atoms with E-state index >= 15 is 0 Å². The molecule has 0 radical (unpaired) electrons. The van der Waals surface area contributed by atoms with Gasteiger partial charge < -0.3 is 5.32 Å². The number of fused-ring (bicyclic) bond motifs is 1. The molecule has 1 unspecified atom stereocenters. The third-order valence-corrected chi connectivity index (χ3v) is 3.65. The molecule has 1 aliphatic heterocycles. The van der Waals surface area contributed by atoms with Gasteiger partial charge in [-0.3, -0.25) is 4.40 Å². The summed E-state index contributed by atoms with van der Waals surface area (Å²) in [5, 5.41) is 12.0. The summed E-state index contributed by atoms with van der Waals surface area (Å²) in [6.45, 7) is 1.07. The van der Waals surface area contributed by atoms with Crippen molar-refractivity contribution in [2.24, 2.45) is 0 Å². The fourth-order valence-electron chi connectivity index (χ4n) is 2.22. The van der Waals surface area contributed by atoms with E-state index in [0.29, 0.717) is 6.04 Å². The summed E-state index contributed by atoms with van der Waals surface area (Å²) in [5.41, 5.74) is 0.900. The number of rotatable bonds is 1. The lowest BCUT2D eigenvalue weighted by atomic mass is 10.0. The second-order valence-corrected chi connectivity index (χ2v) is 4.92. The van der Waals surface area contributed by atoms with Crippen molar-refractivity contribution < 1.29 is 0 Å². The first kappa shape index (κ1) is 10.2. The van der Waals surface area contributed by atoms with Crippen molar-refractivity contribution >= 4 is 21.6 Å². The predicted molar refractivity (Wildman–Crippen MR) is 65.3 cm³/mol. The molecule has 1 aliphatic rings. The standard InChI is InChI=1S/C11H13BrN4/c12-9-5-3-6-10-14-15-11(16(9)10)8-4-1-2-7-13-8/h3,5-6,8,13H,1-2,4,7H2. The van der Waals surface area contributed by atoms with Crippen LogP contribution in [0, 0.1) is 0 Å². The van der Waals surface area contributed by atoms with Gasteiger partial charge in [-0.05, 0) is 47.4 Å². The van der Waals surface area contributed by atoms with Crippen molar-refractivity contribution in [2.45, 2.75) is 25.3 Å². The molecule has 2 aromatic rings. The maximum absolute atomic E-state index is 4.30. The van der Waals surface area contributed by atoms with E-state index in [9.17, 15) is 0 Å². The molecule has 0 aliphatic carbocycles. The second kappa shape index (κ2) is 4.14. The Morgan fingerprint density at radius 2 is 2.25 bits per heavy atom. The van der Waals surface area contributed by atoms with Crippen molar-refractivity contribution in [3.63, 3.8) is 0 Å². The van der Waals surface area contributed by atoms with Crippen LogP contribution in [0.3, 0.4) is 0 Å². The van der Waals surface area contributed by atoms with Gasteiger partial charge in [-0.15, -0.1) is 10.2 Å². The molecule has 3 rings (SSSR count). The van der Waals surface area contributed by atoms with Crippen molar-refractivity contribution in [1.29, 1.82) is 0 Å². The highest BCUT2D eigenvalue weighted by Crippen LogP contribution is 2.24. The van der Waals surface area contributed by atoms with Crippen LogP contribution in [-0.4, -0.2) is 21.1 Å². The summed E-state index contributed by atoms with van der Waals surface area (Å²) in [6.07, 6.45) is 3.66. The molecule has 3 heterocycles. The van der Waals surface area contributed by atoms with Gasteiger partial charge >= 0.3 is 0 Å². The van der Waals surface area contributed by atoms with E-state index in [1.807, 2.05) is 18.2 Å². The van der Waals surface area contributed by atoms with Crippen LogP contribution < -0.4 is 5.32 Å². The van der Waals surface area contributed by atoms with E-state index in [2.05, 4.69) is 35.8 Å². The largest absolute Gasteiger partial charge is 0.307 e. The minimum atomic E-state index is 0.336. The quantitative estimate of drug-likeness (QED) is 0.816. The number of piperidine rings is 1. The number of hydrogen-bond acceptors (Lipinski definition) is 3. The first-order chi connectivity index (χ1) is 7.86. The molecule has 0 spiro atoms. The molecule has 0 saturated carbocycles. The van der Waals surface area contributed by atoms with Gasteiger partial charge in [-0.25, -0.2) is 0 Å². The Labute approximate surface area is 102 Å². The van der Waals surface area contributed by atoms with Crippen LogP contribution in [0.25, 0.3) is 5.65 Å². The normalized spacial score (nSPS) is 21.4. The summed E-state index contributed by atoms with van der Waals surface area (Å²) in [7, 11) is 0. The Balaban J connectivity index is 2.09. The van der Waals surface area contributed by atoms with Gasteiger partial charge in [0.1, 0.15) is 0 Å². The van der Waals surface area contributed by atoms with Crippen LogP contribution in [-0.2, 0) is 0 Å². The van der Waals surface area contributed by atoms with Crippen molar-refractivity contribution in [1.82, 2.24) is 19.9 Å². The van der Waals surface area contributed by atoms with Gasteiger partial charge in [0.25, 0.3) is 0 Å². The maximum atomic E-state index is 4.30. The van der Waals surface area contributed by atoms with Crippen molar-refractivity contribution in [2.75, 3.05) is 6.54 Å². The molecule has 0 bridgehead atoms. The molecule has 1 atom stereocenters. The maximum Gasteiger partial charge on any atom is 0.161 e. The van der Waals surface area contributed by atoms with Crippen LogP contribution >= 0.6 is 15.9 Å². The van der Waals surface area contributed by atoms with Crippen LogP contribution in [0.2, 0.25) is 0 Å². The molecule has 0 aromatic carbocycles. The number of nitrogens with one attached hydrogen (secondary N) is 1. The SMILES string of the molecule is Brc1cccc2nnc(C3CCCCN3)n12. The van der Waals surface area contributed by atoms with E-state index in [0.717, 1.165) is 29.0 Å². The van der Waals surface area contributed by atoms with Crippen LogP contribution in [0.1, 0.15) is 31.1 Å². The van der Waals surface area contributed by atoms with Gasteiger partial charge in [0.05, 0.1) is 10.6 Å². The number of nitrogens with zero attached hydrogens (tertiary/aromatic N) is 3. The second-order valence-electron chi connectivity index (χ2n) is 4.10. The highest BCUT2D eigenvalue weighted by molar-refractivity contribution is 9.10. The first-order valence-corrected chi connectivity index (χ1v) is 6.38. The molecule has 16 heavy (non-hydrogen) atoms. The molecule has 84 valence electrons. The highest BCUT2D eigenvalue weighted by atomic mass is 79.9. The minimum absolute atomic E-state index is 0.336. The average molecular weight is 281 g/mol. The van der Waals surface area contributed by atoms with Crippen LogP contribution in [0.5, 0.6) is 0 Å². The van der Waals surface area contributed by atoms with E-state index in [1.54, 1.807) is 0 Å². The van der Waals surface area contributed by atoms with Gasteiger partial charge in [0, 0.05) is 0 Å². The smallest absolute Gasteiger partial charge is 0.161 e. The summed E-state index contributed by atoms with van der Waals surface area (Å²) >= 11 is 3.55. The van der Waals surface area contributed by atoms with Crippen molar-refractivity contribution in [3.8, 4) is 0 Å². The van der Waals surface area contributed by atoms with Gasteiger partial charge in [-0.2, -0.15) is 0 Å². The van der Waals surface area contributed by atoms with Crippen LogP contribution in [0.15, 0.2) is 22.8 Å². The zero-order valence-electron chi connectivity index (χ0n) is 8.86. The van der Waals surface area contributed by atoms with Crippen LogP contribution in [0.4, 0.5) is 0 Å². The lowest BCUT2D eigenvalue weighted by Crippen LogP contribution is -2.28. The number of halogens is 1. The Bertz CT molecular complexity index is 502. The van der Waals surface area contributed by atoms with Gasteiger partial charge in [0.15, 0.2) is 11.5 Å².